The number of ether oxygens (including phenoxy) is 2. The van der Waals surface area contributed by atoms with Gasteiger partial charge in [-0.3, -0.25) is 0 Å². The van der Waals surface area contributed by atoms with Crippen LogP contribution < -0.4 is 0 Å². The second-order valence-corrected chi connectivity index (χ2v) is 3.16. The Bertz CT molecular complexity index is 291. The van der Waals surface area contributed by atoms with Crippen molar-refractivity contribution in [1.29, 1.82) is 0 Å². The lowest BCUT2D eigenvalue weighted by molar-refractivity contribution is 0.0451. The standard InChI is InChI=1S/C13H18O2/c1-3-10-15-13(14-4-2)11-12-8-6-5-7-9-12/h5-9,11H,3-4,10H2,1-2H3. The van der Waals surface area contributed by atoms with Crippen LogP contribution in [0.5, 0.6) is 0 Å². The molecule has 0 amide bonds. The van der Waals surface area contributed by atoms with Gasteiger partial charge >= 0.3 is 0 Å². The van der Waals surface area contributed by atoms with Crippen LogP contribution >= 0.6 is 0 Å². The number of rotatable bonds is 6. The van der Waals surface area contributed by atoms with Crippen molar-refractivity contribution in [2.45, 2.75) is 20.3 Å². The third-order valence-electron chi connectivity index (χ3n) is 1.82. The van der Waals surface area contributed by atoms with Crippen molar-refractivity contribution in [2.75, 3.05) is 13.2 Å². The van der Waals surface area contributed by atoms with Crippen molar-refractivity contribution in [2.24, 2.45) is 0 Å². The van der Waals surface area contributed by atoms with Gasteiger partial charge in [-0.1, -0.05) is 37.3 Å². The first-order chi connectivity index (χ1) is 7.36. The minimum absolute atomic E-state index is 0.602. The molecule has 0 unspecified atom stereocenters. The highest BCUT2D eigenvalue weighted by Gasteiger charge is 1.98. The van der Waals surface area contributed by atoms with E-state index in [4.69, 9.17) is 9.47 Å². The third kappa shape index (κ3) is 4.54. The normalized spacial score (nSPS) is 11.2. The first-order valence-corrected chi connectivity index (χ1v) is 5.39. The molecule has 0 heterocycles. The van der Waals surface area contributed by atoms with Crippen LogP contribution in [0.3, 0.4) is 0 Å². The summed E-state index contributed by atoms with van der Waals surface area (Å²) in [5.41, 5.74) is 1.09. The Balaban J connectivity index is 2.65. The quantitative estimate of drug-likeness (QED) is 0.664. The molecule has 0 bridgehead atoms. The zero-order chi connectivity index (χ0) is 10.9. The van der Waals surface area contributed by atoms with Gasteiger partial charge in [0.15, 0.2) is 0 Å². The smallest absolute Gasteiger partial charge is 0.279 e. The molecule has 0 aromatic heterocycles. The largest absolute Gasteiger partial charge is 0.466 e. The average Bonchev–Trinajstić information content (AvgIpc) is 2.28. The molecule has 82 valence electrons. The number of hydrogen-bond donors (Lipinski definition) is 0. The predicted molar refractivity (Wildman–Crippen MR) is 62.3 cm³/mol. The van der Waals surface area contributed by atoms with E-state index in [1.54, 1.807) is 0 Å². The molecule has 0 radical (unpaired) electrons. The summed E-state index contributed by atoms with van der Waals surface area (Å²) in [5, 5.41) is 0. The Morgan fingerprint density at radius 3 is 2.47 bits per heavy atom. The molecule has 0 spiro atoms. The van der Waals surface area contributed by atoms with E-state index in [2.05, 4.69) is 6.92 Å². The molecule has 0 saturated heterocycles. The van der Waals surface area contributed by atoms with Crippen molar-refractivity contribution in [1.82, 2.24) is 0 Å². The van der Waals surface area contributed by atoms with E-state index in [0.717, 1.165) is 12.0 Å². The summed E-state index contributed by atoms with van der Waals surface area (Å²) < 4.78 is 10.9. The van der Waals surface area contributed by atoms with E-state index in [-0.39, 0.29) is 0 Å². The molecule has 0 atom stereocenters. The Morgan fingerprint density at radius 1 is 1.13 bits per heavy atom. The maximum absolute atomic E-state index is 5.47. The lowest BCUT2D eigenvalue weighted by Gasteiger charge is -2.09. The highest BCUT2D eigenvalue weighted by Crippen LogP contribution is 2.09. The SMILES string of the molecule is CCCOC(=Cc1ccccc1)OCC. The molecule has 15 heavy (non-hydrogen) atoms. The highest BCUT2D eigenvalue weighted by molar-refractivity contribution is 5.49. The highest BCUT2D eigenvalue weighted by atomic mass is 16.7. The van der Waals surface area contributed by atoms with Crippen LogP contribution in [-0.2, 0) is 9.47 Å². The van der Waals surface area contributed by atoms with Crippen molar-refractivity contribution in [3.8, 4) is 0 Å². The Kier molecular flexibility index (Phi) is 5.38. The van der Waals surface area contributed by atoms with Crippen LogP contribution in [0.15, 0.2) is 36.3 Å². The molecule has 1 rings (SSSR count). The van der Waals surface area contributed by atoms with E-state index >= 15 is 0 Å². The zero-order valence-electron chi connectivity index (χ0n) is 9.40. The summed E-state index contributed by atoms with van der Waals surface area (Å²) in [6.45, 7) is 5.35. The molecular formula is C13H18O2. The van der Waals surface area contributed by atoms with Gasteiger partial charge < -0.3 is 9.47 Å². The van der Waals surface area contributed by atoms with Gasteiger partial charge in [0.05, 0.1) is 13.2 Å². The van der Waals surface area contributed by atoms with E-state index in [9.17, 15) is 0 Å². The fourth-order valence-corrected chi connectivity index (χ4v) is 1.16. The van der Waals surface area contributed by atoms with Gasteiger partial charge in [0.1, 0.15) is 0 Å². The van der Waals surface area contributed by atoms with E-state index in [0.29, 0.717) is 19.2 Å². The first kappa shape index (κ1) is 11.6. The number of benzene rings is 1. The van der Waals surface area contributed by atoms with Crippen LogP contribution in [0.4, 0.5) is 0 Å². The van der Waals surface area contributed by atoms with E-state index in [1.807, 2.05) is 43.3 Å². The summed E-state index contributed by atoms with van der Waals surface area (Å²) >= 11 is 0. The van der Waals surface area contributed by atoms with Gasteiger partial charge in [0, 0.05) is 6.08 Å². The van der Waals surface area contributed by atoms with Gasteiger partial charge in [0.25, 0.3) is 5.95 Å². The summed E-state index contributed by atoms with van der Waals surface area (Å²) in [5.74, 6) is 0.602. The van der Waals surface area contributed by atoms with Crippen LogP contribution in [0.25, 0.3) is 6.08 Å². The Labute approximate surface area is 91.5 Å². The van der Waals surface area contributed by atoms with E-state index in [1.165, 1.54) is 0 Å². The number of hydrogen-bond acceptors (Lipinski definition) is 2. The van der Waals surface area contributed by atoms with Crippen LogP contribution in [0.1, 0.15) is 25.8 Å². The zero-order valence-corrected chi connectivity index (χ0v) is 9.40. The van der Waals surface area contributed by atoms with Crippen LogP contribution in [0.2, 0.25) is 0 Å². The molecule has 0 N–H and O–H groups in total. The third-order valence-corrected chi connectivity index (χ3v) is 1.82. The summed E-state index contributed by atoms with van der Waals surface area (Å²) in [6.07, 6.45) is 2.90. The maximum atomic E-state index is 5.47. The molecule has 1 aromatic carbocycles. The molecule has 0 aliphatic rings. The van der Waals surface area contributed by atoms with Crippen LogP contribution in [0, 0.1) is 0 Å². The molecule has 2 heteroatoms. The van der Waals surface area contributed by atoms with Gasteiger partial charge in [-0.25, -0.2) is 0 Å². The van der Waals surface area contributed by atoms with Crippen molar-refractivity contribution in [3.63, 3.8) is 0 Å². The van der Waals surface area contributed by atoms with Gasteiger partial charge in [-0.15, -0.1) is 0 Å². The maximum Gasteiger partial charge on any atom is 0.279 e. The lowest BCUT2D eigenvalue weighted by Crippen LogP contribution is -1.98. The molecule has 0 aliphatic heterocycles. The van der Waals surface area contributed by atoms with Crippen molar-refractivity contribution >= 4 is 6.08 Å². The lowest BCUT2D eigenvalue weighted by atomic mass is 10.2. The van der Waals surface area contributed by atoms with Gasteiger partial charge in [-0.2, -0.15) is 0 Å². The minimum atomic E-state index is 0.602. The molecular weight excluding hydrogens is 188 g/mol. The predicted octanol–water partition coefficient (Wildman–Crippen LogP) is 3.45. The molecule has 0 saturated carbocycles. The Hall–Kier alpha value is -1.44. The van der Waals surface area contributed by atoms with Crippen LogP contribution in [-0.4, -0.2) is 13.2 Å². The summed E-state index contributed by atoms with van der Waals surface area (Å²) in [4.78, 5) is 0. The second-order valence-electron chi connectivity index (χ2n) is 3.16. The summed E-state index contributed by atoms with van der Waals surface area (Å²) in [6, 6.07) is 10.0. The fourth-order valence-electron chi connectivity index (χ4n) is 1.16. The minimum Gasteiger partial charge on any atom is -0.466 e. The van der Waals surface area contributed by atoms with Gasteiger partial charge in [0.2, 0.25) is 0 Å². The summed E-state index contributed by atoms with van der Waals surface area (Å²) in [7, 11) is 0. The van der Waals surface area contributed by atoms with Crippen molar-refractivity contribution in [3.05, 3.63) is 41.8 Å². The topological polar surface area (TPSA) is 18.5 Å². The molecule has 1 aromatic rings. The second kappa shape index (κ2) is 6.93. The molecule has 0 aliphatic carbocycles. The first-order valence-electron chi connectivity index (χ1n) is 5.39. The van der Waals surface area contributed by atoms with E-state index < -0.39 is 0 Å². The van der Waals surface area contributed by atoms with Crippen molar-refractivity contribution < 1.29 is 9.47 Å². The monoisotopic (exact) mass is 206 g/mol. The fraction of sp³-hybridized carbons (Fsp3) is 0.385. The molecule has 2 nitrogen and oxygen atoms in total. The van der Waals surface area contributed by atoms with Gasteiger partial charge in [-0.05, 0) is 18.9 Å². The average molecular weight is 206 g/mol. The molecule has 0 fully saturated rings. The Morgan fingerprint density at radius 2 is 1.87 bits per heavy atom.